The molecule has 0 aromatic rings. The van der Waals surface area contributed by atoms with Gasteiger partial charge in [-0.2, -0.15) is 18.3 Å². The lowest BCUT2D eigenvalue weighted by Gasteiger charge is -2.36. The van der Waals surface area contributed by atoms with Crippen molar-refractivity contribution in [3.63, 3.8) is 0 Å². The first kappa shape index (κ1) is 28.3. The number of hydrogen-bond acceptors (Lipinski definition) is 6. The van der Waals surface area contributed by atoms with E-state index in [-0.39, 0.29) is 19.3 Å². The van der Waals surface area contributed by atoms with Crippen molar-refractivity contribution in [1.29, 1.82) is 0 Å². The minimum absolute atomic E-state index is 0.0104. The van der Waals surface area contributed by atoms with Crippen molar-refractivity contribution in [2.75, 3.05) is 6.54 Å². The van der Waals surface area contributed by atoms with Gasteiger partial charge in [0.1, 0.15) is 18.1 Å². The van der Waals surface area contributed by atoms with E-state index in [1.54, 1.807) is 0 Å². The highest BCUT2D eigenvalue weighted by molar-refractivity contribution is 6.27. The quantitative estimate of drug-likeness (QED) is 0.257. The largest absolute Gasteiger partial charge is 0.434 e. The fraction of sp³-hybridized carbons (Fsp3) is 0.750. The monoisotopic (exact) mass is 483 g/mol. The summed E-state index contributed by atoms with van der Waals surface area (Å²) in [5.74, 6) is -3.23. The molecule has 1 fully saturated rings. The van der Waals surface area contributed by atoms with Crippen LogP contribution in [0.4, 0.5) is 22.4 Å². The Morgan fingerprint density at radius 1 is 1.12 bits per heavy atom. The van der Waals surface area contributed by atoms with Crippen LogP contribution >= 0.6 is 0 Å². The second-order valence-corrected chi connectivity index (χ2v) is 9.38. The number of hydrogen-bond donors (Lipinski definition) is 1. The summed E-state index contributed by atoms with van der Waals surface area (Å²) in [7, 11) is 0. The number of carbonyl (C=O) groups is 5. The molecule has 13 heteroatoms. The van der Waals surface area contributed by atoms with Crippen LogP contribution in [0.5, 0.6) is 0 Å². The predicted octanol–water partition coefficient (Wildman–Crippen LogP) is 2.33. The molecule has 1 rings (SSSR count). The summed E-state index contributed by atoms with van der Waals surface area (Å²) in [6.45, 7) is 6.91. The maximum atomic E-state index is 14.4. The molecule has 0 radical (unpaired) electrons. The number of halogens is 4. The lowest BCUT2D eigenvalue weighted by molar-refractivity contribution is -0.244. The summed E-state index contributed by atoms with van der Waals surface area (Å²) < 4.78 is 58.0. The van der Waals surface area contributed by atoms with Gasteiger partial charge < -0.3 is 15.0 Å². The summed E-state index contributed by atoms with van der Waals surface area (Å²) in [6.07, 6.45) is -6.14. The van der Waals surface area contributed by atoms with Crippen LogP contribution in [0.3, 0.4) is 0 Å². The average molecular weight is 483 g/mol. The molecule has 1 N–H and O–H groups in total. The van der Waals surface area contributed by atoms with Gasteiger partial charge in [0.05, 0.1) is 0 Å². The molecule has 1 aliphatic heterocycles. The van der Waals surface area contributed by atoms with Crippen LogP contribution in [0.1, 0.15) is 54.4 Å². The van der Waals surface area contributed by atoms with E-state index >= 15 is 0 Å². The first-order valence-corrected chi connectivity index (χ1v) is 10.2. The molecule has 1 heterocycles. The number of nitrogens with one attached hydrogen (secondary N) is 1. The Labute approximate surface area is 188 Å². The third kappa shape index (κ3) is 6.64. The van der Waals surface area contributed by atoms with E-state index in [4.69, 9.17) is 0 Å². The van der Waals surface area contributed by atoms with E-state index in [1.807, 2.05) is 0 Å². The predicted molar refractivity (Wildman–Crippen MR) is 106 cm³/mol. The number of likely N-dealkylation sites (tertiary alicyclic amines) is 1. The molecule has 3 atom stereocenters. The molecule has 9 nitrogen and oxygen atoms in total. The number of carbonyl (C=O) groups excluding carboxylic acids is 5. The van der Waals surface area contributed by atoms with Crippen LogP contribution in [0.25, 0.3) is 0 Å². The van der Waals surface area contributed by atoms with E-state index in [0.717, 1.165) is 11.8 Å². The van der Waals surface area contributed by atoms with Crippen molar-refractivity contribution in [3.8, 4) is 0 Å². The van der Waals surface area contributed by atoms with E-state index < -0.39 is 64.1 Å². The van der Waals surface area contributed by atoms with Crippen molar-refractivity contribution in [1.82, 2.24) is 15.3 Å². The number of alkyl halides is 3. The average Bonchev–Trinajstić information content (AvgIpc) is 3.16. The Morgan fingerprint density at radius 2 is 1.67 bits per heavy atom. The number of ketones is 1. The molecule has 1 aliphatic rings. The number of amides is 3. The molecule has 3 unspecified atom stereocenters. The van der Waals surface area contributed by atoms with E-state index in [1.165, 1.54) is 20.8 Å². The van der Waals surface area contributed by atoms with Gasteiger partial charge in [0.25, 0.3) is 5.91 Å². The van der Waals surface area contributed by atoms with Gasteiger partial charge in [0.15, 0.2) is 6.29 Å². The molecule has 0 saturated carbocycles. The maximum absolute atomic E-state index is 14.4. The number of rotatable bonds is 7. The van der Waals surface area contributed by atoms with Gasteiger partial charge in [0, 0.05) is 6.54 Å². The van der Waals surface area contributed by atoms with Crippen LogP contribution in [-0.2, 0) is 23.9 Å². The minimum atomic E-state index is -4.86. The van der Waals surface area contributed by atoms with Gasteiger partial charge >= 0.3 is 12.3 Å². The smallest absolute Gasteiger partial charge is 0.427 e. The second kappa shape index (κ2) is 10.0. The molecular formula is C20H29F4N3O6. The standard InChI is InChI=1S/C20H29F4N3O6/c1-11(13(29)10-28)27(24)15(30)12-8-7-9-26(12)16(31)14(18(2,3)4)25-17(32)33-19(5,6)20(21,22)23/h10-12,14H,7-9H2,1-6H3,(H,25,32). The lowest BCUT2D eigenvalue weighted by atomic mass is 9.85. The fourth-order valence-electron chi connectivity index (χ4n) is 3.08. The summed E-state index contributed by atoms with van der Waals surface area (Å²) in [5, 5.41) is 1.71. The topological polar surface area (TPSA) is 113 Å². The Hall–Kier alpha value is -2.73. The Morgan fingerprint density at radius 3 is 2.12 bits per heavy atom. The number of ether oxygens (including phenoxy) is 1. The van der Waals surface area contributed by atoms with Crippen molar-refractivity contribution in [2.45, 2.75) is 84.3 Å². The lowest BCUT2D eigenvalue weighted by Crippen LogP contribution is -2.59. The molecule has 1 saturated heterocycles. The maximum Gasteiger partial charge on any atom is 0.427 e. The third-order valence-corrected chi connectivity index (χ3v) is 5.31. The molecule has 0 aromatic heterocycles. The van der Waals surface area contributed by atoms with E-state index in [0.29, 0.717) is 20.3 Å². The van der Waals surface area contributed by atoms with Gasteiger partial charge in [-0.25, -0.2) is 4.79 Å². The van der Waals surface area contributed by atoms with Crippen LogP contribution in [0.15, 0.2) is 0 Å². The number of aldehydes is 1. The van der Waals surface area contributed by atoms with E-state index in [2.05, 4.69) is 10.1 Å². The van der Waals surface area contributed by atoms with E-state index in [9.17, 15) is 41.6 Å². The molecule has 0 bridgehead atoms. The highest BCUT2D eigenvalue weighted by atomic mass is 19.4. The molecule has 33 heavy (non-hydrogen) atoms. The second-order valence-electron chi connectivity index (χ2n) is 9.38. The Balaban J connectivity index is 3.09. The Bertz CT molecular complexity index is 794. The summed E-state index contributed by atoms with van der Waals surface area (Å²) >= 11 is 0. The molecule has 0 aromatic carbocycles. The molecule has 0 aliphatic carbocycles. The minimum Gasteiger partial charge on any atom is -0.434 e. The van der Waals surface area contributed by atoms with Crippen molar-refractivity contribution >= 4 is 30.0 Å². The number of nitrogens with zero attached hydrogens (tertiary/aromatic N) is 2. The van der Waals surface area contributed by atoms with Crippen LogP contribution in [-0.4, -0.2) is 76.4 Å². The summed E-state index contributed by atoms with van der Waals surface area (Å²) in [5.41, 5.74) is -3.85. The van der Waals surface area contributed by atoms with Crippen molar-refractivity contribution < 1.29 is 46.4 Å². The summed E-state index contributed by atoms with van der Waals surface area (Å²) in [4.78, 5) is 61.0. The van der Waals surface area contributed by atoms with Crippen LogP contribution in [0, 0.1) is 5.41 Å². The third-order valence-electron chi connectivity index (χ3n) is 5.31. The Kier molecular flexibility index (Phi) is 8.61. The van der Waals surface area contributed by atoms with Gasteiger partial charge in [-0.15, -0.1) is 0 Å². The highest BCUT2D eigenvalue weighted by Gasteiger charge is 2.52. The number of alkyl carbamates (subject to hydrolysis) is 1. The zero-order chi connectivity index (χ0) is 25.9. The molecular weight excluding hydrogens is 454 g/mol. The van der Waals surface area contributed by atoms with Gasteiger partial charge in [-0.05, 0) is 39.0 Å². The van der Waals surface area contributed by atoms with Crippen LogP contribution < -0.4 is 5.32 Å². The zero-order valence-corrected chi connectivity index (χ0v) is 19.3. The SMILES string of the molecule is CC(C(=O)C=O)N(F)C(=O)C1CCCN1C(=O)C(NC(=O)OC(C)(C)C(F)(F)F)C(C)(C)C. The first-order valence-electron chi connectivity index (χ1n) is 10.2. The molecule has 188 valence electrons. The van der Waals surface area contributed by atoms with Crippen LogP contribution in [0.2, 0.25) is 0 Å². The zero-order valence-electron chi connectivity index (χ0n) is 19.3. The normalized spacial score (nSPS) is 18.8. The fourth-order valence-corrected chi connectivity index (χ4v) is 3.08. The van der Waals surface area contributed by atoms with Gasteiger partial charge in [-0.3, -0.25) is 19.2 Å². The molecule has 0 spiro atoms. The van der Waals surface area contributed by atoms with Crippen molar-refractivity contribution in [3.05, 3.63) is 0 Å². The highest BCUT2D eigenvalue weighted by Crippen LogP contribution is 2.33. The molecule has 3 amide bonds. The van der Waals surface area contributed by atoms with Crippen molar-refractivity contribution in [2.24, 2.45) is 5.41 Å². The summed E-state index contributed by atoms with van der Waals surface area (Å²) in [6, 6.07) is -4.42. The van der Waals surface area contributed by atoms with Gasteiger partial charge in [-0.1, -0.05) is 25.3 Å². The first-order chi connectivity index (χ1) is 14.8. The van der Waals surface area contributed by atoms with Gasteiger partial charge in [0.2, 0.25) is 17.3 Å². The number of Topliss-reactive ketones (excluding diaryl/α,β-unsaturated/α-hetero) is 1.